The van der Waals surface area contributed by atoms with Crippen molar-refractivity contribution < 1.29 is 4.79 Å². The zero-order valence-corrected chi connectivity index (χ0v) is 16.3. The fourth-order valence-corrected chi connectivity index (χ4v) is 3.16. The predicted octanol–water partition coefficient (Wildman–Crippen LogP) is 0.347. The Bertz CT molecular complexity index is 576. The number of hydrogen-bond acceptors (Lipinski definition) is 4. The van der Waals surface area contributed by atoms with E-state index >= 15 is 0 Å². The number of unbranched alkanes of at least 4 members (excludes halogenated alkanes) is 1. The van der Waals surface area contributed by atoms with Gasteiger partial charge in [0.2, 0.25) is 5.91 Å². The maximum absolute atomic E-state index is 11.4. The Morgan fingerprint density at radius 3 is 2.73 bits per heavy atom. The molecule has 1 aliphatic rings. The molecule has 0 bridgehead atoms. The molecule has 0 radical (unpaired) electrons. The molecule has 0 aliphatic carbocycles. The average Bonchev–Trinajstić information content (AvgIpc) is 3.06. The Balaban J connectivity index is 1.59. The van der Waals surface area contributed by atoms with E-state index in [1.807, 2.05) is 26.4 Å². The summed E-state index contributed by atoms with van der Waals surface area (Å²) in [7, 11) is 3.49. The first-order valence-electron chi connectivity index (χ1n) is 9.50. The van der Waals surface area contributed by atoms with E-state index in [0.29, 0.717) is 12.6 Å². The van der Waals surface area contributed by atoms with Gasteiger partial charge in [-0.05, 0) is 32.6 Å². The van der Waals surface area contributed by atoms with E-state index in [9.17, 15) is 4.79 Å². The van der Waals surface area contributed by atoms with Crippen LogP contribution in [0.4, 0.5) is 0 Å². The molecular formula is C18H33N7O. The number of aliphatic imine (C=N–C) groups is 1. The van der Waals surface area contributed by atoms with Gasteiger partial charge in [0.15, 0.2) is 5.96 Å². The Morgan fingerprint density at radius 1 is 1.35 bits per heavy atom. The maximum atomic E-state index is 11.4. The van der Waals surface area contributed by atoms with Gasteiger partial charge in [-0.3, -0.25) is 14.7 Å². The van der Waals surface area contributed by atoms with Gasteiger partial charge in [-0.1, -0.05) is 0 Å². The minimum atomic E-state index is 0.0831. The lowest BCUT2D eigenvalue weighted by molar-refractivity contribution is -0.122. The SMILES string of the molecule is CN=C(NCCCCn1ccnc1C)NC1CCN(CC(=O)NC)CC1. The van der Waals surface area contributed by atoms with Crippen LogP contribution < -0.4 is 16.0 Å². The van der Waals surface area contributed by atoms with Gasteiger partial charge in [0.05, 0.1) is 6.54 Å². The summed E-state index contributed by atoms with van der Waals surface area (Å²) < 4.78 is 2.18. The van der Waals surface area contributed by atoms with Crippen LogP contribution in [0.15, 0.2) is 17.4 Å². The van der Waals surface area contributed by atoms with Crippen LogP contribution in [-0.2, 0) is 11.3 Å². The van der Waals surface area contributed by atoms with E-state index in [1.54, 1.807) is 7.05 Å². The summed E-state index contributed by atoms with van der Waals surface area (Å²) in [6, 6.07) is 0.413. The molecule has 0 spiro atoms. The number of hydrogen-bond donors (Lipinski definition) is 3. The van der Waals surface area contributed by atoms with Crippen molar-refractivity contribution in [3.63, 3.8) is 0 Å². The van der Waals surface area contributed by atoms with Gasteiger partial charge in [-0.2, -0.15) is 0 Å². The van der Waals surface area contributed by atoms with Crippen molar-refractivity contribution in [3.05, 3.63) is 18.2 Å². The third-order valence-electron chi connectivity index (χ3n) is 4.84. The Labute approximate surface area is 156 Å². The highest BCUT2D eigenvalue weighted by Gasteiger charge is 2.21. The van der Waals surface area contributed by atoms with Gasteiger partial charge in [0.25, 0.3) is 0 Å². The summed E-state index contributed by atoms with van der Waals surface area (Å²) >= 11 is 0. The molecule has 1 aromatic heterocycles. The molecule has 0 unspecified atom stereocenters. The molecule has 1 saturated heterocycles. The highest BCUT2D eigenvalue weighted by molar-refractivity contribution is 5.80. The van der Waals surface area contributed by atoms with Crippen LogP contribution in [0, 0.1) is 6.92 Å². The number of rotatable bonds is 8. The number of likely N-dealkylation sites (tertiary alicyclic amines) is 1. The molecule has 2 rings (SSSR count). The number of aryl methyl sites for hydroxylation is 2. The molecule has 2 heterocycles. The van der Waals surface area contributed by atoms with Crippen LogP contribution in [0.1, 0.15) is 31.5 Å². The molecule has 146 valence electrons. The minimum absolute atomic E-state index is 0.0831. The zero-order valence-electron chi connectivity index (χ0n) is 16.3. The number of aromatic nitrogens is 2. The van der Waals surface area contributed by atoms with E-state index in [1.165, 1.54) is 0 Å². The first kappa shape index (κ1) is 20.2. The van der Waals surface area contributed by atoms with Gasteiger partial charge < -0.3 is 20.5 Å². The molecular weight excluding hydrogens is 330 g/mol. The normalized spacial score (nSPS) is 16.5. The number of nitrogens with zero attached hydrogens (tertiary/aromatic N) is 4. The molecule has 8 nitrogen and oxygen atoms in total. The summed E-state index contributed by atoms with van der Waals surface area (Å²) in [6.07, 6.45) is 8.12. The van der Waals surface area contributed by atoms with Gasteiger partial charge in [-0.25, -0.2) is 4.98 Å². The second-order valence-corrected chi connectivity index (χ2v) is 6.74. The maximum Gasteiger partial charge on any atom is 0.233 e. The Morgan fingerprint density at radius 2 is 2.12 bits per heavy atom. The number of imidazole rings is 1. The fourth-order valence-electron chi connectivity index (χ4n) is 3.16. The molecule has 1 fully saturated rings. The number of piperidine rings is 1. The molecule has 0 aromatic carbocycles. The Kier molecular flexibility index (Phi) is 8.40. The first-order valence-corrected chi connectivity index (χ1v) is 9.50. The van der Waals surface area contributed by atoms with Crippen molar-refractivity contribution >= 4 is 11.9 Å². The van der Waals surface area contributed by atoms with Crippen molar-refractivity contribution in [3.8, 4) is 0 Å². The summed E-state index contributed by atoms with van der Waals surface area (Å²) in [5.41, 5.74) is 0. The second kappa shape index (κ2) is 10.8. The monoisotopic (exact) mass is 363 g/mol. The highest BCUT2D eigenvalue weighted by Crippen LogP contribution is 2.09. The van der Waals surface area contributed by atoms with Crippen molar-refractivity contribution in [2.75, 3.05) is 40.3 Å². The van der Waals surface area contributed by atoms with Crippen LogP contribution in [0.3, 0.4) is 0 Å². The number of guanidine groups is 1. The first-order chi connectivity index (χ1) is 12.6. The molecule has 3 N–H and O–H groups in total. The van der Waals surface area contributed by atoms with Crippen LogP contribution >= 0.6 is 0 Å². The lowest BCUT2D eigenvalue weighted by atomic mass is 10.1. The lowest BCUT2D eigenvalue weighted by Crippen LogP contribution is -2.50. The summed E-state index contributed by atoms with van der Waals surface area (Å²) in [4.78, 5) is 22.2. The number of carbonyl (C=O) groups excluding carboxylic acids is 1. The number of likely N-dealkylation sites (N-methyl/N-ethyl adjacent to an activating group) is 1. The number of carbonyl (C=O) groups is 1. The second-order valence-electron chi connectivity index (χ2n) is 6.74. The number of nitrogens with one attached hydrogen (secondary N) is 3. The van der Waals surface area contributed by atoms with E-state index in [0.717, 1.165) is 63.6 Å². The zero-order chi connectivity index (χ0) is 18.8. The average molecular weight is 364 g/mol. The predicted molar refractivity (Wildman–Crippen MR) is 104 cm³/mol. The standard InChI is InChI=1S/C18H33N7O/c1-15-21-9-13-25(15)10-5-4-8-22-18(20-3)23-16-6-11-24(12-7-16)14-17(26)19-2/h9,13,16H,4-8,10-12,14H2,1-3H3,(H,19,26)(H2,20,22,23). The highest BCUT2D eigenvalue weighted by atomic mass is 16.1. The van der Waals surface area contributed by atoms with Crippen molar-refractivity contribution in [2.45, 2.75) is 45.2 Å². The van der Waals surface area contributed by atoms with Crippen LogP contribution in [-0.4, -0.2) is 72.6 Å². The van der Waals surface area contributed by atoms with Gasteiger partial charge in [-0.15, -0.1) is 0 Å². The fraction of sp³-hybridized carbons (Fsp3) is 0.722. The summed E-state index contributed by atoms with van der Waals surface area (Å²) in [5.74, 6) is 2.02. The van der Waals surface area contributed by atoms with Crippen LogP contribution in [0.2, 0.25) is 0 Å². The molecule has 26 heavy (non-hydrogen) atoms. The van der Waals surface area contributed by atoms with Crippen LogP contribution in [0.5, 0.6) is 0 Å². The van der Waals surface area contributed by atoms with Gasteiger partial charge in [0, 0.05) is 58.7 Å². The molecule has 0 atom stereocenters. The van der Waals surface area contributed by atoms with E-state index in [2.05, 4.69) is 35.4 Å². The van der Waals surface area contributed by atoms with Crippen LogP contribution in [0.25, 0.3) is 0 Å². The van der Waals surface area contributed by atoms with Crippen molar-refractivity contribution in [1.29, 1.82) is 0 Å². The number of amides is 1. The van der Waals surface area contributed by atoms with Crippen molar-refractivity contribution in [1.82, 2.24) is 30.4 Å². The van der Waals surface area contributed by atoms with Crippen molar-refractivity contribution in [2.24, 2.45) is 4.99 Å². The topological polar surface area (TPSA) is 86.6 Å². The van der Waals surface area contributed by atoms with Gasteiger partial charge >= 0.3 is 0 Å². The smallest absolute Gasteiger partial charge is 0.233 e. The molecule has 1 aliphatic heterocycles. The third-order valence-corrected chi connectivity index (χ3v) is 4.84. The third kappa shape index (κ3) is 6.67. The largest absolute Gasteiger partial charge is 0.358 e. The van der Waals surface area contributed by atoms with Gasteiger partial charge in [0.1, 0.15) is 5.82 Å². The van der Waals surface area contributed by atoms with E-state index in [-0.39, 0.29) is 5.91 Å². The lowest BCUT2D eigenvalue weighted by Gasteiger charge is -2.32. The van der Waals surface area contributed by atoms with E-state index < -0.39 is 0 Å². The summed E-state index contributed by atoms with van der Waals surface area (Å²) in [5, 5.41) is 9.58. The quantitative estimate of drug-likeness (QED) is 0.352. The summed E-state index contributed by atoms with van der Waals surface area (Å²) in [6.45, 7) is 6.31. The molecule has 1 aromatic rings. The van der Waals surface area contributed by atoms with E-state index in [4.69, 9.17) is 0 Å². The molecule has 8 heteroatoms. The molecule has 0 saturated carbocycles. The Hall–Kier alpha value is -2.09. The molecule has 1 amide bonds. The minimum Gasteiger partial charge on any atom is -0.358 e.